The van der Waals surface area contributed by atoms with Crippen LogP contribution in [-0.2, 0) is 11.3 Å². The van der Waals surface area contributed by atoms with Crippen LogP contribution in [0.3, 0.4) is 0 Å². The van der Waals surface area contributed by atoms with Crippen LogP contribution in [0.25, 0.3) is 11.3 Å². The largest absolute Gasteiger partial charge is 0.493 e. The lowest BCUT2D eigenvalue weighted by molar-refractivity contribution is 0.0459. The average Bonchev–Trinajstić information content (AvgIpc) is 3.14. The van der Waals surface area contributed by atoms with Gasteiger partial charge in [-0.15, -0.1) is 0 Å². The first-order valence-corrected chi connectivity index (χ1v) is 8.20. The molecule has 0 aliphatic rings. The molecule has 0 fully saturated rings. The van der Waals surface area contributed by atoms with Crippen molar-refractivity contribution in [3.63, 3.8) is 0 Å². The number of nitrogens with zero attached hydrogens (tertiary/aromatic N) is 1. The van der Waals surface area contributed by atoms with Crippen molar-refractivity contribution < 1.29 is 27.9 Å². The van der Waals surface area contributed by atoms with Gasteiger partial charge in [0, 0.05) is 11.6 Å². The standard InChI is InChI=1S/C19H15ClFNO5/c1-24-15-7-6-11(8-17(15)25-2)16-9-12(22-27-16)10-26-19(23)18-13(20)4-3-5-14(18)21/h3-9H,10H2,1-2H3. The van der Waals surface area contributed by atoms with Crippen molar-refractivity contribution in [2.75, 3.05) is 14.2 Å². The van der Waals surface area contributed by atoms with Crippen LogP contribution in [0.2, 0.25) is 5.02 Å². The van der Waals surface area contributed by atoms with E-state index in [1.54, 1.807) is 31.4 Å². The molecule has 0 N–H and O–H groups in total. The summed E-state index contributed by atoms with van der Waals surface area (Å²) in [4.78, 5) is 12.1. The van der Waals surface area contributed by atoms with E-state index in [-0.39, 0.29) is 17.2 Å². The normalized spacial score (nSPS) is 10.5. The number of ether oxygens (including phenoxy) is 3. The Hall–Kier alpha value is -3.06. The Labute approximate surface area is 159 Å². The number of benzene rings is 2. The molecular formula is C19H15ClFNO5. The Balaban J connectivity index is 1.72. The van der Waals surface area contributed by atoms with Crippen LogP contribution in [0, 0.1) is 5.82 Å². The van der Waals surface area contributed by atoms with Gasteiger partial charge in [-0.05, 0) is 30.3 Å². The highest BCUT2D eigenvalue weighted by molar-refractivity contribution is 6.33. The molecule has 3 rings (SSSR count). The fraction of sp³-hybridized carbons (Fsp3) is 0.158. The van der Waals surface area contributed by atoms with Crippen molar-refractivity contribution in [1.82, 2.24) is 5.16 Å². The minimum absolute atomic E-state index is 0.0221. The highest BCUT2D eigenvalue weighted by Crippen LogP contribution is 2.32. The number of carbonyl (C=O) groups excluding carboxylic acids is 1. The lowest BCUT2D eigenvalue weighted by Gasteiger charge is -2.07. The van der Waals surface area contributed by atoms with Crippen LogP contribution >= 0.6 is 11.6 Å². The number of methoxy groups -OCH3 is 2. The first-order chi connectivity index (χ1) is 13.0. The van der Waals surface area contributed by atoms with Crippen molar-refractivity contribution in [1.29, 1.82) is 0 Å². The van der Waals surface area contributed by atoms with E-state index in [2.05, 4.69) is 5.16 Å². The third-order valence-electron chi connectivity index (χ3n) is 3.75. The van der Waals surface area contributed by atoms with Gasteiger partial charge in [-0.25, -0.2) is 9.18 Å². The van der Waals surface area contributed by atoms with E-state index in [1.807, 2.05) is 0 Å². The predicted octanol–water partition coefficient (Wildman–Crippen LogP) is 4.51. The summed E-state index contributed by atoms with van der Waals surface area (Å²) < 4.78 is 34.5. The van der Waals surface area contributed by atoms with Crippen molar-refractivity contribution in [3.8, 4) is 22.8 Å². The van der Waals surface area contributed by atoms with Gasteiger partial charge in [-0.2, -0.15) is 0 Å². The number of aromatic nitrogens is 1. The summed E-state index contributed by atoms with van der Waals surface area (Å²) in [5.41, 5.74) is 0.748. The molecule has 0 atom stereocenters. The van der Waals surface area contributed by atoms with E-state index >= 15 is 0 Å². The van der Waals surface area contributed by atoms with Crippen LogP contribution in [-0.4, -0.2) is 25.3 Å². The first kappa shape index (κ1) is 18.7. The molecular weight excluding hydrogens is 377 g/mol. The molecule has 27 heavy (non-hydrogen) atoms. The quantitative estimate of drug-likeness (QED) is 0.576. The summed E-state index contributed by atoms with van der Waals surface area (Å²) >= 11 is 5.85. The second-order valence-corrected chi connectivity index (χ2v) is 5.83. The minimum atomic E-state index is -0.881. The highest BCUT2D eigenvalue weighted by Gasteiger charge is 2.18. The van der Waals surface area contributed by atoms with E-state index in [0.717, 1.165) is 6.07 Å². The molecule has 0 aliphatic carbocycles. The van der Waals surface area contributed by atoms with Gasteiger partial charge in [-0.3, -0.25) is 0 Å². The number of halogens is 2. The van der Waals surface area contributed by atoms with Gasteiger partial charge >= 0.3 is 5.97 Å². The topological polar surface area (TPSA) is 70.8 Å². The average molecular weight is 392 g/mol. The van der Waals surface area contributed by atoms with E-state index in [4.69, 9.17) is 30.3 Å². The van der Waals surface area contributed by atoms with Crippen molar-refractivity contribution >= 4 is 17.6 Å². The number of hydrogen-bond donors (Lipinski definition) is 0. The van der Waals surface area contributed by atoms with Gasteiger partial charge in [0.15, 0.2) is 17.3 Å². The molecule has 0 spiro atoms. The smallest absolute Gasteiger partial charge is 0.343 e. The molecule has 0 aliphatic heterocycles. The van der Waals surface area contributed by atoms with Crippen LogP contribution in [0.5, 0.6) is 11.5 Å². The van der Waals surface area contributed by atoms with E-state index in [0.29, 0.717) is 28.5 Å². The molecule has 8 heteroatoms. The molecule has 3 aromatic rings. The lowest BCUT2D eigenvalue weighted by Crippen LogP contribution is -2.08. The first-order valence-electron chi connectivity index (χ1n) is 7.82. The SMILES string of the molecule is COc1ccc(-c2cc(COC(=O)c3c(F)cccc3Cl)no2)cc1OC. The highest BCUT2D eigenvalue weighted by atomic mass is 35.5. The van der Waals surface area contributed by atoms with Gasteiger partial charge in [0.25, 0.3) is 0 Å². The fourth-order valence-electron chi connectivity index (χ4n) is 2.41. The summed E-state index contributed by atoms with van der Waals surface area (Å²) in [6.07, 6.45) is 0. The monoisotopic (exact) mass is 391 g/mol. The van der Waals surface area contributed by atoms with Gasteiger partial charge in [0.1, 0.15) is 23.7 Å². The van der Waals surface area contributed by atoms with Gasteiger partial charge < -0.3 is 18.7 Å². The lowest BCUT2D eigenvalue weighted by atomic mass is 10.1. The number of rotatable bonds is 6. The molecule has 0 saturated heterocycles. The Bertz CT molecular complexity index is 952. The summed E-state index contributed by atoms with van der Waals surface area (Å²) in [5, 5.41) is 3.83. The third-order valence-corrected chi connectivity index (χ3v) is 4.06. The maximum Gasteiger partial charge on any atom is 0.343 e. The maximum atomic E-state index is 13.7. The fourth-order valence-corrected chi connectivity index (χ4v) is 2.65. The Morgan fingerprint density at radius 3 is 2.63 bits per heavy atom. The molecule has 0 bridgehead atoms. The molecule has 1 aromatic heterocycles. The molecule has 0 radical (unpaired) electrons. The Kier molecular flexibility index (Phi) is 5.61. The molecule has 6 nitrogen and oxygen atoms in total. The molecule has 0 amide bonds. The second kappa shape index (κ2) is 8.09. The zero-order chi connectivity index (χ0) is 19.4. The van der Waals surface area contributed by atoms with Crippen LogP contribution in [0.4, 0.5) is 4.39 Å². The van der Waals surface area contributed by atoms with Crippen molar-refractivity contribution in [2.45, 2.75) is 6.61 Å². The molecule has 2 aromatic carbocycles. The molecule has 0 saturated carbocycles. The zero-order valence-electron chi connectivity index (χ0n) is 14.5. The Morgan fingerprint density at radius 1 is 1.15 bits per heavy atom. The predicted molar refractivity (Wildman–Crippen MR) is 95.6 cm³/mol. The summed E-state index contributed by atoms with van der Waals surface area (Å²) in [6.45, 7) is -0.194. The summed E-state index contributed by atoms with van der Waals surface area (Å²) in [6, 6.07) is 10.8. The molecule has 140 valence electrons. The van der Waals surface area contributed by atoms with Crippen LogP contribution in [0.1, 0.15) is 16.1 Å². The minimum Gasteiger partial charge on any atom is -0.493 e. The van der Waals surface area contributed by atoms with E-state index in [1.165, 1.54) is 19.2 Å². The van der Waals surface area contributed by atoms with Gasteiger partial charge in [0.05, 0.1) is 19.2 Å². The Morgan fingerprint density at radius 2 is 1.93 bits per heavy atom. The maximum absolute atomic E-state index is 13.7. The van der Waals surface area contributed by atoms with Gasteiger partial charge in [-0.1, -0.05) is 22.8 Å². The summed E-state index contributed by atoms with van der Waals surface area (Å²) in [7, 11) is 3.07. The molecule has 1 heterocycles. The second-order valence-electron chi connectivity index (χ2n) is 5.43. The third kappa shape index (κ3) is 4.03. The van der Waals surface area contributed by atoms with Crippen LogP contribution in [0.15, 0.2) is 47.0 Å². The van der Waals surface area contributed by atoms with E-state index in [9.17, 15) is 9.18 Å². The van der Waals surface area contributed by atoms with Crippen LogP contribution < -0.4 is 9.47 Å². The van der Waals surface area contributed by atoms with Crippen molar-refractivity contribution in [3.05, 3.63) is 64.6 Å². The number of esters is 1. The zero-order valence-corrected chi connectivity index (χ0v) is 15.2. The number of carbonyl (C=O) groups is 1. The number of hydrogen-bond acceptors (Lipinski definition) is 6. The van der Waals surface area contributed by atoms with Crippen molar-refractivity contribution in [2.24, 2.45) is 0 Å². The summed E-state index contributed by atoms with van der Waals surface area (Å²) in [5.74, 6) is -0.0661. The van der Waals surface area contributed by atoms with E-state index < -0.39 is 11.8 Å². The molecule has 0 unspecified atom stereocenters. The van der Waals surface area contributed by atoms with Gasteiger partial charge in [0.2, 0.25) is 0 Å².